The maximum absolute atomic E-state index is 5.88. The Morgan fingerprint density at radius 1 is 1.25 bits per heavy atom. The summed E-state index contributed by atoms with van der Waals surface area (Å²) < 4.78 is 0. The minimum atomic E-state index is 0. The van der Waals surface area contributed by atoms with Crippen LogP contribution in [-0.4, -0.2) is 0 Å². The second kappa shape index (κ2) is 4.15. The van der Waals surface area contributed by atoms with Crippen LogP contribution in [0.25, 0.3) is 0 Å². The zero-order chi connectivity index (χ0) is 8.43. The number of hydrogen-bond donors (Lipinski definition) is 1. The summed E-state index contributed by atoms with van der Waals surface area (Å²) in [6.07, 6.45) is 0. The number of rotatable bonds is 1. The Balaban J connectivity index is 0.00000121. The Labute approximate surface area is 75.6 Å². The molecule has 68 valence electrons. The molecule has 0 saturated heterocycles. The van der Waals surface area contributed by atoms with Gasteiger partial charge in [-0.3, -0.25) is 0 Å². The fourth-order valence-electron chi connectivity index (χ4n) is 1.21. The monoisotopic (exact) mass is 165 g/mol. The normalized spacial score (nSPS) is 9.67. The fraction of sp³-hybridized carbons (Fsp3) is 0.455. The lowest BCUT2D eigenvalue weighted by Crippen LogP contribution is -1.98. The second-order valence-corrected chi connectivity index (χ2v) is 3.23. The number of anilines is 1. The van der Waals surface area contributed by atoms with Gasteiger partial charge in [0.1, 0.15) is 0 Å². The molecule has 0 unspecified atom stereocenters. The second-order valence-electron chi connectivity index (χ2n) is 3.23. The van der Waals surface area contributed by atoms with Gasteiger partial charge in [0.05, 0.1) is 0 Å². The number of hydrogen-bond acceptors (Lipinski definition) is 1. The first-order chi connectivity index (χ1) is 5.13. The third kappa shape index (κ3) is 2.00. The Kier molecular flexibility index (Phi) is 3.81. The molecule has 0 aromatic heterocycles. The van der Waals surface area contributed by atoms with Crippen LogP contribution < -0.4 is 5.73 Å². The molecule has 0 aliphatic rings. The molecule has 0 aliphatic heterocycles. The van der Waals surface area contributed by atoms with Crippen LogP contribution in [0.15, 0.2) is 18.2 Å². The molecule has 1 aromatic carbocycles. The van der Waals surface area contributed by atoms with Crippen molar-refractivity contribution in [2.75, 3.05) is 5.73 Å². The summed E-state index contributed by atoms with van der Waals surface area (Å²) in [5.74, 6) is 0.523. The molecule has 0 bridgehead atoms. The molecule has 0 atom stereocenters. The van der Waals surface area contributed by atoms with Gasteiger partial charge in [-0.2, -0.15) is 0 Å². The lowest BCUT2D eigenvalue weighted by Gasteiger charge is -2.10. The fourth-order valence-corrected chi connectivity index (χ4v) is 1.21. The quantitative estimate of drug-likeness (QED) is 0.634. The van der Waals surface area contributed by atoms with Crippen molar-refractivity contribution in [3.05, 3.63) is 29.3 Å². The summed E-state index contributed by atoms with van der Waals surface area (Å²) in [4.78, 5) is 0. The summed E-state index contributed by atoms with van der Waals surface area (Å²) in [6, 6.07) is 6.19. The highest BCUT2D eigenvalue weighted by Crippen LogP contribution is 2.23. The van der Waals surface area contributed by atoms with Crippen molar-refractivity contribution < 1.29 is 0 Å². The Hall–Kier alpha value is -0.980. The van der Waals surface area contributed by atoms with Gasteiger partial charge in [0.25, 0.3) is 0 Å². The molecule has 0 aliphatic carbocycles. The number of aryl methyl sites for hydroxylation is 1. The van der Waals surface area contributed by atoms with Crippen molar-refractivity contribution in [1.82, 2.24) is 0 Å². The van der Waals surface area contributed by atoms with Crippen LogP contribution in [0.2, 0.25) is 0 Å². The molecule has 2 N–H and O–H groups in total. The van der Waals surface area contributed by atoms with E-state index in [1.54, 1.807) is 0 Å². The maximum atomic E-state index is 5.88. The van der Waals surface area contributed by atoms with Gasteiger partial charge in [-0.25, -0.2) is 0 Å². The van der Waals surface area contributed by atoms with Crippen LogP contribution in [0.1, 0.15) is 38.3 Å². The predicted octanol–water partition coefficient (Wildman–Crippen LogP) is 3.34. The Bertz CT molecular complexity index is 251. The van der Waals surface area contributed by atoms with E-state index in [1.165, 1.54) is 11.1 Å². The van der Waals surface area contributed by atoms with E-state index < -0.39 is 0 Å². The molecule has 0 spiro atoms. The highest BCUT2D eigenvalue weighted by Gasteiger charge is 2.03. The summed E-state index contributed by atoms with van der Waals surface area (Å²) in [7, 11) is 0. The predicted molar refractivity (Wildman–Crippen MR) is 56.4 cm³/mol. The minimum absolute atomic E-state index is 0. The lowest BCUT2D eigenvalue weighted by molar-refractivity contribution is 0.868. The van der Waals surface area contributed by atoms with Gasteiger partial charge in [0, 0.05) is 5.69 Å². The van der Waals surface area contributed by atoms with E-state index in [2.05, 4.69) is 26.0 Å². The van der Waals surface area contributed by atoms with Gasteiger partial charge in [-0.1, -0.05) is 39.5 Å². The molecule has 1 aromatic rings. The summed E-state index contributed by atoms with van der Waals surface area (Å²) in [6.45, 7) is 6.36. The topological polar surface area (TPSA) is 26.0 Å². The van der Waals surface area contributed by atoms with Crippen LogP contribution in [0.4, 0.5) is 5.69 Å². The third-order valence-electron chi connectivity index (χ3n) is 1.98. The number of benzene rings is 1. The molecule has 12 heavy (non-hydrogen) atoms. The first kappa shape index (κ1) is 11.0. The van der Waals surface area contributed by atoms with Crippen molar-refractivity contribution in [1.29, 1.82) is 0 Å². The third-order valence-corrected chi connectivity index (χ3v) is 1.98. The molecular weight excluding hydrogens is 146 g/mol. The molecule has 0 radical (unpaired) electrons. The van der Waals surface area contributed by atoms with Gasteiger partial charge in [-0.15, -0.1) is 0 Å². The minimum Gasteiger partial charge on any atom is -0.398 e. The Morgan fingerprint density at radius 2 is 1.83 bits per heavy atom. The van der Waals surface area contributed by atoms with Crippen molar-refractivity contribution in [3.63, 3.8) is 0 Å². The molecular formula is C11H19N. The van der Waals surface area contributed by atoms with E-state index >= 15 is 0 Å². The highest BCUT2D eigenvalue weighted by molar-refractivity contribution is 5.54. The molecule has 1 heteroatoms. The van der Waals surface area contributed by atoms with Crippen molar-refractivity contribution >= 4 is 5.69 Å². The van der Waals surface area contributed by atoms with Gasteiger partial charge in [0.2, 0.25) is 0 Å². The van der Waals surface area contributed by atoms with Crippen molar-refractivity contribution in [2.45, 2.75) is 34.1 Å². The Morgan fingerprint density at radius 3 is 2.25 bits per heavy atom. The van der Waals surface area contributed by atoms with E-state index in [0.717, 1.165) is 5.69 Å². The lowest BCUT2D eigenvalue weighted by atomic mass is 9.99. The highest BCUT2D eigenvalue weighted by atomic mass is 14.6. The first-order valence-electron chi connectivity index (χ1n) is 3.98. The molecule has 1 rings (SSSR count). The van der Waals surface area contributed by atoms with Gasteiger partial charge < -0.3 is 5.73 Å². The standard InChI is InChI=1S/C10H15N.CH4/c1-7(2)9-6-4-5-8(3)10(9)11;/h4-7H,11H2,1-3H3;1H4. The number of nitrogen functional groups attached to an aromatic ring is 1. The molecule has 0 fully saturated rings. The zero-order valence-corrected chi connectivity index (χ0v) is 7.39. The van der Waals surface area contributed by atoms with Crippen LogP contribution in [0.3, 0.4) is 0 Å². The van der Waals surface area contributed by atoms with E-state index in [-0.39, 0.29) is 7.43 Å². The average molecular weight is 165 g/mol. The first-order valence-corrected chi connectivity index (χ1v) is 3.98. The van der Waals surface area contributed by atoms with Gasteiger partial charge >= 0.3 is 0 Å². The molecule has 0 heterocycles. The van der Waals surface area contributed by atoms with Crippen molar-refractivity contribution in [2.24, 2.45) is 0 Å². The summed E-state index contributed by atoms with van der Waals surface area (Å²) in [5, 5.41) is 0. The van der Waals surface area contributed by atoms with Crippen LogP contribution in [0, 0.1) is 6.92 Å². The molecule has 0 amide bonds. The average Bonchev–Trinajstić information content (AvgIpc) is 1.94. The van der Waals surface area contributed by atoms with Crippen LogP contribution >= 0.6 is 0 Å². The number of para-hydroxylation sites is 1. The smallest absolute Gasteiger partial charge is 0.0378 e. The van der Waals surface area contributed by atoms with Crippen LogP contribution in [-0.2, 0) is 0 Å². The van der Waals surface area contributed by atoms with E-state index in [1.807, 2.05) is 13.0 Å². The number of nitrogens with two attached hydrogens (primary N) is 1. The van der Waals surface area contributed by atoms with Gasteiger partial charge in [0.15, 0.2) is 0 Å². The van der Waals surface area contributed by atoms with Gasteiger partial charge in [-0.05, 0) is 24.0 Å². The summed E-state index contributed by atoms with van der Waals surface area (Å²) in [5.41, 5.74) is 9.26. The van der Waals surface area contributed by atoms with E-state index in [4.69, 9.17) is 5.73 Å². The SMILES string of the molecule is C.Cc1cccc(C(C)C)c1N. The largest absolute Gasteiger partial charge is 0.398 e. The molecule has 0 saturated carbocycles. The van der Waals surface area contributed by atoms with E-state index in [9.17, 15) is 0 Å². The molecule has 1 nitrogen and oxygen atoms in total. The van der Waals surface area contributed by atoms with E-state index in [0.29, 0.717) is 5.92 Å². The zero-order valence-electron chi connectivity index (χ0n) is 7.39. The maximum Gasteiger partial charge on any atom is 0.0378 e. The van der Waals surface area contributed by atoms with Crippen LogP contribution in [0.5, 0.6) is 0 Å². The summed E-state index contributed by atoms with van der Waals surface area (Å²) >= 11 is 0. The van der Waals surface area contributed by atoms with Crippen molar-refractivity contribution in [3.8, 4) is 0 Å².